The minimum Gasteiger partial charge on any atom is -0.375 e. The van der Waals surface area contributed by atoms with Crippen LogP contribution in [0.4, 0.5) is 5.13 Å². The number of rotatable bonds is 1. The van der Waals surface area contributed by atoms with Crippen molar-refractivity contribution in [3.63, 3.8) is 0 Å². The fourth-order valence-corrected chi connectivity index (χ4v) is 3.15. The Morgan fingerprint density at radius 2 is 2.17 bits per heavy atom. The average Bonchev–Trinajstić information content (AvgIpc) is 2.80. The molecule has 0 aromatic carbocycles. The summed E-state index contributed by atoms with van der Waals surface area (Å²) >= 11 is 1.37. The van der Waals surface area contributed by atoms with Gasteiger partial charge in [-0.1, -0.05) is 0 Å². The molecule has 1 aliphatic rings. The van der Waals surface area contributed by atoms with E-state index in [4.69, 9.17) is 5.73 Å². The highest BCUT2D eigenvalue weighted by Gasteiger charge is 2.17. The maximum Gasteiger partial charge on any atom is 0.259 e. The van der Waals surface area contributed by atoms with Gasteiger partial charge in [-0.3, -0.25) is 4.79 Å². The monoisotopic (exact) mass is 261 g/mol. The molecule has 0 amide bonds. The Hall–Kier alpha value is -1.62. The van der Waals surface area contributed by atoms with E-state index in [0.29, 0.717) is 16.4 Å². The molecule has 2 heterocycles. The Labute approximate surface area is 109 Å². The van der Waals surface area contributed by atoms with Crippen LogP contribution >= 0.6 is 11.3 Å². The summed E-state index contributed by atoms with van der Waals surface area (Å²) in [4.78, 5) is 16.6. The van der Waals surface area contributed by atoms with E-state index in [0.717, 1.165) is 12.8 Å². The molecule has 0 saturated heterocycles. The van der Waals surface area contributed by atoms with Gasteiger partial charge in [-0.2, -0.15) is 0 Å². The number of anilines is 1. The van der Waals surface area contributed by atoms with Gasteiger partial charge in [0.2, 0.25) is 0 Å². The van der Waals surface area contributed by atoms with E-state index in [-0.39, 0.29) is 5.56 Å². The first-order chi connectivity index (χ1) is 8.66. The van der Waals surface area contributed by atoms with Gasteiger partial charge in [-0.05, 0) is 37.3 Å². The van der Waals surface area contributed by atoms with Crippen molar-refractivity contribution in [2.24, 2.45) is 7.05 Å². The van der Waals surface area contributed by atoms with Crippen LogP contribution in [0.15, 0.2) is 16.2 Å². The molecule has 0 fully saturated rings. The van der Waals surface area contributed by atoms with Crippen LogP contribution in [0.3, 0.4) is 0 Å². The summed E-state index contributed by atoms with van der Waals surface area (Å²) in [7, 11) is 1.85. The van der Waals surface area contributed by atoms with Crippen molar-refractivity contribution < 1.29 is 0 Å². The Kier molecular flexibility index (Phi) is 2.70. The lowest BCUT2D eigenvalue weighted by Gasteiger charge is -2.19. The number of nitrogen functional groups attached to an aromatic ring is 1. The van der Waals surface area contributed by atoms with Gasteiger partial charge in [-0.25, -0.2) is 4.98 Å². The quantitative estimate of drug-likeness (QED) is 0.853. The van der Waals surface area contributed by atoms with E-state index < -0.39 is 0 Å². The molecular weight excluding hydrogens is 246 g/mol. The van der Waals surface area contributed by atoms with E-state index in [1.54, 1.807) is 4.57 Å². The molecule has 5 heteroatoms. The molecule has 0 bridgehead atoms. The second kappa shape index (κ2) is 4.24. The summed E-state index contributed by atoms with van der Waals surface area (Å²) in [5.41, 5.74) is 9.50. The maximum absolute atomic E-state index is 12.3. The standard InChI is InChI=1S/C13H15N3OS/c1-16-11-5-3-2-4-8(11)6-9(12(16)17)10-7-18-13(14)15-10/h6-7H,2-5H2,1H3,(H2,14,15). The maximum atomic E-state index is 12.3. The highest BCUT2D eigenvalue weighted by molar-refractivity contribution is 7.13. The van der Waals surface area contributed by atoms with Crippen molar-refractivity contribution in [2.75, 3.05) is 5.73 Å². The van der Waals surface area contributed by atoms with Crippen molar-refractivity contribution in [1.82, 2.24) is 9.55 Å². The molecule has 0 unspecified atom stereocenters. The molecule has 94 valence electrons. The molecule has 18 heavy (non-hydrogen) atoms. The lowest BCUT2D eigenvalue weighted by atomic mass is 9.94. The van der Waals surface area contributed by atoms with Crippen molar-refractivity contribution in [3.05, 3.63) is 33.1 Å². The smallest absolute Gasteiger partial charge is 0.259 e. The van der Waals surface area contributed by atoms with Gasteiger partial charge in [0.05, 0.1) is 11.3 Å². The number of aryl methyl sites for hydroxylation is 1. The summed E-state index contributed by atoms with van der Waals surface area (Å²) in [5.74, 6) is 0. The van der Waals surface area contributed by atoms with Crippen LogP contribution in [0.2, 0.25) is 0 Å². The second-order valence-electron chi connectivity index (χ2n) is 4.67. The van der Waals surface area contributed by atoms with Crippen LogP contribution < -0.4 is 11.3 Å². The Morgan fingerprint density at radius 3 is 2.89 bits per heavy atom. The Morgan fingerprint density at radius 1 is 1.39 bits per heavy atom. The molecular formula is C13H15N3OS. The van der Waals surface area contributed by atoms with Gasteiger partial charge in [0.1, 0.15) is 0 Å². The van der Waals surface area contributed by atoms with Crippen molar-refractivity contribution in [1.29, 1.82) is 0 Å². The lowest BCUT2D eigenvalue weighted by Crippen LogP contribution is -2.25. The zero-order chi connectivity index (χ0) is 12.7. The summed E-state index contributed by atoms with van der Waals surface area (Å²) in [6.45, 7) is 0. The predicted octanol–water partition coefficient (Wildman–Crippen LogP) is 1.97. The number of nitrogens with two attached hydrogens (primary N) is 1. The first kappa shape index (κ1) is 11.5. The van der Waals surface area contributed by atoms with E-state index in [1.807, 2.05) is 18.5 Å². The van der Waals surface area contributed by atoms with Crippen molar-refractivity contribution >= 4 is 16.5 Å². The van der Waals surface area contributed by atoms with E-state index in [1.165, 1.54) is 35.4 Å². The minimum absolute atomic E-state index is 0.0287. The number of hydrogen-bond donors (Lipinski definition) is 1. The van der Waals surface area contributed by atoms with Crippen LogP contribution in [0, 0.1) is 0 Å². The van der Waals surface area contributed by atoms with Crippen LogP contribution in [0.5, 0.6) is 0 Å². The number of hydrogen-bond acceptors (Lipinski definition) is 4. The van der Waals surface area contributed by atoms with Crippen LogP contribution in [0.25, 0.3) is 11.3 Å². The van der Waals surface area contributed by atoms with Gasteiger partial charge in [0.25, 0.3) is 5.56 Å². The molecule has 1 aliphatic carbocycles. The van der Waals surface area contributed by atoms with E-state index >= 15 is 0 Å². The molecule has 2 aromatic heterocycles. The topological polar surface area (TPSA) is 60.9 Å². The molecule has 0 saturated carbocycles. The zero-order valence-corrected chi connectivity index (χ0v) is 11.1. The summed E-state index contributed by atoms with van der Waals surface area (Å²) in [6.07, 6.45) is 4.42. The summed E-state index contributed by atoms with van der Waals surface area (Å²) in [5, 5.41) is 2.35. The van der Waals surface area contributed by atoms with Gasteiger partial charge in [-0.15, -0.1) is 11.3 Å². The fourth-order valence-electron chi connectivity index (χ4n) is 2.59. The number of thiazole rings is 1. The first-order valence-corrected chi connectivity index (χ1v) is 6.98. The molecule has 2 N–H and O–H groups in total. The number of pyridine rings is 1. The Balaban J connectivity index is 2.22. The number of fused-ring (bicyclic) bond motifs is 1. The number of aromatic nitrogens is 2. The second-order valence-corrected chi connectivity index (χ2v) is 5.56. The summed E-state index contributed by atoms with van der Waals surface area (Å²) in [6, 6.07) is 2.01. The van der Waals surface area contributed by atoms with Crippen LogP contribution in [0.1, 0.15) is 24.1 Å². The predicted molar refractivity (Wildman–Crippen MR) is 73.8 cm³/mol. The normalized spacial score (nSPS) is 14.5. The van der Waals surface area contributed by atoms with Crippen molar-refractivity contribution in [3.8, 4) is 11.3 Å². The van der Waals surface area contributed by atoms with Crippen LogP contribution in [-0.2, 0) is 19.9 Å². The molecule has 0 atom stereocenters. The SMILES string of the molecule is Cn1c2c(cc(-c3csc(N)n3)c1=O)CCCC2. The molecule has 0 radical (unpaired) electrons. The number of nitrogens with zero attached hydrogens (tertiary/aromatic N) is 2. The molecule has 3 rings (SSSR count). The lowest BCUT2D eigenvalue weighted by molar-refractivity contribution is 0.624. The minimum atomic E-state index is 0.0287. The first-order valence-electron chi connectivity index (χ1n) is 6.10. The van der Waals surface area contributed by atoms with Gasteiger partial charge < -0.3 is 10.3 Å². The molecule has 0 aliphatic heterocycles. The van der Waals surface area contributed by atoms with Crippen LogP contribution in [-0.4, -0.2) is 9.55 Å². The third-order valence-electron chi connectivity index (χ3n) is 3.54. The average molecular weight is 261 g/mol. The molecule has 2 aromatic rings. The van der Waals surface area contributed by atoms with Gasteiger partial charge >= 0.3 is 0 Å². The third kappa shape index (κ3) is 1.75. The van der Waals surface area contributed by atoms with Gasteiger partial charge in [0.15, 0.2) is 5.13 Å². The van der Waals surface area contributed by atoms with E-state index in [2.05, 4.69) is 4.98 Å². The van der Waals surface area contributed by atoms with Crippen molar-refractivity contribution in [2.45, 2.75) is 25.7 Å². The third-order valence-corrected chi connectivity index (χ3v) is 4.21. The fraction of sp³-hybridized carbons (Fsp3) is 0.385. The zero-order valence-electron chi connectivity index (χ0n) is 10.3. The highest BCUT2D eigenvalue weighted by Crippen LogP contribution is 2.25. The Bertz CT molecular complexity index is 657. The highest BCUT2D eigenvalue weighted by atomic mass is 32.1. The molecule has 0 spiro atoms. The molecule has 4 nitrogen and oxygen atoms in total. The van der Waals surface area contributed by atoms with Gasteiger partial charge in [0, 0.05) is 18.1 Å². The largest absolute Gasteiger partial charge is 0.375 e. The van der Waals surface area contributed by atoms with E-state index in [9.17, 15) is 4.79 Å². The summed E-state index contributed by atoms with van der Waals surface area (Å²) < 4.78 is 1.78.